The molecule has 0 fully saturated rings. The van der Waals surface area contributed by atoms with Crippen molar-refractivity contribution in [2.75, 3.05) is 19.0 Å². The van der Waals surface area contributed by atoms with Gasteiger partial charge in [-0.1, -0.05) is 57.9 Å². The Morgan fingerprint density at radius 1 is 1.36 bits per heavy atom. The molecule has 8 heteroatoms. The van der Waals surface area contributed by atoms with Crippen LogP contribution in [0.15, 0.2) is 53.0 Å². The van der Waals surface area contributed by atoms with E-state index in [2.05, 4.69) is 27.8 Å². The summed E-state index contributed by atoms with van der Waals surface area (Å²) in [6.07, 6.45) is 3.04. The number of nitrogens with one attached hydrogen (secondary N) is 1. The number of carbonyl (C=O) groups is 1. The number of hydrogen-bond donors (Lipinski definition) is 1. The number of ether oxygens (including phenoxy) is 2. The SMILES string of the molecule is C=CCOc1cc(Br)c(C=C(C#N)C(=O)Nc2cccc(Cl)c2Cl)cc1OC. The summed E-state index contributed by atoms with van der Waals surface area (Å²) < 4.78 is 11.5. The molecule has 5 nitrogen and oxygen atoms in total. The number of amides is 1. The van der Waals surface area contributed by atoms with Crippen LogP contribution in [0.25, 0.3) is 6.08 Å². The Morgan fingerprint density at radius 2 is 2.11 bits per heavy atom. The molecule has 144 valence electrons. The number of carbonyl (C=O) groups excluding carboxylic acids is 1. The summed E-state index contributed by atoms with van der Waals surface area (Å²) in [4.78, 5) is 12.5. The number of nitrogens with zero attached hydrogens (tertiary/aromatic N) is 1. The summed E-state index contributed by atoms with van der Waals surface area (Å²) in [5.74, 6) is 0.330. The molecular weight excluding hydrogens is 467 g/mol. The van der Waals surface area contributed by atoms with Crippen LogP contribution in [0.5, 0.6) is 11.5 Å². The fourth-order valence-corrected chi connectivity index (χ4v) is 2.96. The largest absolute Gasteiger partial charge is 0.493 e. The Labute approximate surface area is 181 Å². The molecule has 0 saturated carbocycles. The normalized spacial score (nSPS) is 10.8. The third-order valence-electron chi connectivity index (χ3n) is 3.50. The van der Waals surface area contributed by atoms with Crippen molar-refractivity contribution < 1.29 is 14.3 Å². The van der Waals surface area contributed by atoms with Gasteiger partial charge in [0.2, 0.25) is 0 Å². The molecule has 0 aliphatic carbocycles. The van der Waals surface area contributed by atoms with Crippen LogP contribution < -0.4 is 14.8 Å². The van der Waals surface area contributed by atoms with Crippen molar-refractivity contribution in [3.63, 3.8) is 0 Å². The molecule has 1 amide bonds. The minimum absolute atomic E-state index is 0.126. The highest BCUT2D eigenvalue weighted by molar-refractivity contribution is 9.10. The highest BCUT2D eigenvalue weighted by Gasteiger charge is 2.15. The standard InChI is InChI=1S/C20H15BrCl2N2O3/c1-3-7-28-18-10-14(21)12(9-17(18)27-2)8-13(11-24)20(26)25-16-6-4-5-15(22)19(16)23/h3-6,8-10H,1,7H2,2H3,(H,25,26). The third kappa shape index (κ3) is 5.29. The van der Waals surface area contributed by atoms with Crippen molar-refractivity contribution in [2.24, 2.45) is 0 Å². The zero-order chi connectivity index (χ0) is 20.7. The van der Waals surface area contributed by atoms with Gasteiger partial charge in [0, 0.05) is 4.47 Å². The van der Waals surface area contributed by atoms with E-state index < -0.39 is 5.91 Å². The molecule has 0 aliphatic rings. The lowest BCUT2D eigenvalue weighted by Gasteiger charge is -2.12. The molecule has 0 heterocycles. The molecule has 2 aromatic rings. The van der Waals surface area contributed by atoms with Crippen LogP contribution in [0.3, 0.4) is 0 Å². The molecular formula is C20H15BrCl2N2O3. The number of nitriles is 1. The fraction of sp³-hybridized carbons (Fsp3) is 0.100. The summed E-state index contributed by atoms with van der Waals surface area (Å²) in [5, 5.41) is 12.5. The topological polar surface area (TPSA) is 71.3 Å². The number of halogens is 3. The van der Waals surface area contributed by atoms with Crippen LogP contribution >= 0.6 is 39.1 Å². The number of methoxy groups -OCH3 is 1. The maximum absolute atomic E-state index is 12.5. The number of anilines is 1. The van der Waals surface area contributed by atoms with E-state index >= 15 is 0 Å². The van der Waals surface area contributed by atoms with E-state index in [1.165, 1.54) is 13.2 Å². The Morgan fingerprint density at radius 3 is 2.75 bits per heavy atom. The second-order valence-corrected chi connectivity index (χ2v) is 6.99. The van der Waals surface area contributed by atoms with Crippen LogP contribution in [0, 0.1) is 11.3 Å². The summed E-state index contributed by atoms with van der Waals surface area (Å²) >= 11 is 15.4. The zero-order valence-electron chi connectivity index (χ0n) is 14.8. The van der Waals surface area contributed by atoms with E-state index in [0.717, 1.165) is 0 Å². The molecule has 0 aliphatic heterocycles. The number of hydrogen-bond acceptors (Lipinski definition) is 4. The molecule has 28 heavy (non-hydrogen) atoms. The summed E-state index contributed by atoms with van der Waals surface area (Å²) in [5.41, 5.74) is 0.746. The van der Waals surface area contributed by atoms with Gasteiger partial charge >= 0.3 is 0 Å². The summed E-state index contributed by atoms with van der Waals surface area (Å²) in [7, 11) is 1.50. The van der Waals surface area contributed by atoms with Gasteiger partial charge in [-0.25, -0.2) is 0 Å². The molecule has 0 atom stereocenters. The van der Waals surface area contributed by atoms with Crippen molar-refractivity contribution in [3.8, 4) is 17.6 Å². The average molecular weight is 482 g/mol. The third-order valence-corrected chi connectivity index (χ3v) is 5.01. The second-order valence-electron chi connectivity index (χ2n) is 5.35. The first-order valence-electron chi connectivity index (χ1n) is 7.89. The highest BCUT2D eigenvalue weighted by atomic mass is 79.9. The Bertz CT molecular complexity index is 984. The van der Waals surface area contributed by atoms with Crippen molar-refractivity contribution in [2.45, 2.75) is 0 Å². The molecule has 0 spiro atoms. The Kier molecular flexibility index (Phi) is 7.94. The lowest BCUT2D eigenvalue weighted by Crippen LogP contribution is -2.13. The monoisotopic (exact) mass is 480 g/mol. The lowest BCUT2D eigenvalue weighted by atomic mass is 10.1. The van der Waals surface area contributed by atoms with E-state index in [4.69, 9.17) is 32.7 Å². The van der Waals surface area contributed by atoms with Gasteiger partial charge in [0.25, 0.3) is 5.91 Å². The zero-order valence-corrected chi connectivity index (χ0v) is 17.9. The Balaban J connectivity index is 2.35. The molecule has 2 rings (SSSR count). The van der Waals surface area contributed by atoms with E-state index in [1.54, 1.807) is 36.4 Å². The van der Waals surface area contributed by atoms with Gasteiger partial charge in [0.05, 0.1) is 22.8 Å². The molecule has 0 bridgehead atoms. The van der Waals surface area contributed by atoms with Gasteiger partial charge < -0.3 is 14.8 Å². The molecule has 0 radical (unpaired) electrons. The average Bonchev–Trinajstić information content (AvgIpc) is 2.68. The first-order chi connectivity index (χ1) is 13.4. The van der Waals surface area contributed by atoms with Crippen LogP contribution in [-0.2, 0) is 4.79 Å². The van der Waals surface area contributed by atoms with Gasteiger partial charge in [-0.15, -0.1) is 0 Å². The molecule has 0 unspecified atom stereocenters. The minimum atomic E-state index is -0.621. The van der Waals surface area contributed by atoms with Crippen molar-refractivity contribution in [1.82, 2.24) is 0 Å². The van der Waals surface area contributed by atoms with E-state index in [0.29, 0.717) is 38.9 Å². The lowest BCUT2D eigenvalue weighted by molar-refractivity contribution is -0.112. The maximum Gasteiger partial charge on any atom is 0.266 e. The number of rotatable bonds is 7. The Hall–Kier alpha value is -2.46. The summed E-state index contributed by atoms with van der Waals surface area (Å²) in [6, 6.07) is 10.1. The van der Waals surface area contributed by atoms with Crippen LogP contribution in [0.1, 0.15) is 5.56 Å². The van der Waals surface area contributed by atoms with Crippen molar-refractivity contribution in [1.29, 1.82) is 5.26 Å². The molecule has 0 saturated heterocycles. The van der Waals surface area contributed by atoms with Crippen molar-refractivity contribution >= 4 is 56.8 Å². The minimum Gasteiger partial charge on any atom is -0.493 e. The van der Waals surface area contributed by atoms with E-state index in [9.17, 15) is 10.1 Å². The maximum atomic E-state index is 12.5. The van der Waals surface area contributed by atoms with Crippen LogP contribution in [0.4, 0.5) is 5.69 Å². The van der Waals surface area contributed by atoms with Crippen LogP contribution in [-0.4, -0.2) is 19.6 Å². The first-order valence-corrected chi connectivity index (χ1v) is 9.44. The summed E-state index contributed by atoms with van der Waals surface area (Å²) in [6.45, 7) is 3.91. The smallest absolute Gasteiger partial charge is 0.266 e. The highest BCUT2D eigenvalue weighted by Crippen LogP contribution is 2.35. The van der Waals surface area contributed by atoms with Crippen molar-refractivity contribution in [3.05, 3.63) is 68.6 Å². The van der Waals surface area contributed by atoms with Gasteiger partial charge in [0.15, 0.2) is 11.5 Å². The van der Waals surface area contributed by atoms with E-state index in [1.807, 2.05) is 6.07 Å². The molecule has 1 N–H and O–H groups in total. The van der Waals surface area contributed by atoms with Gasteiger partial charge in [-0.05, 0) is 35.9 Å². The predicted molar refractivity (Wildman–Crippen MR) is 115 cm³/mol. The fourth-order valence-electron chi connectivity index (χ4n) is 2.18. The quantitative estimate of drug-likeness (QED) is 0.304. The predicted octanol–water partition coefficient (Wildman–Crippen LogP) is 5.87. The van der Waals surface area contributed by atoms with Gasteiger partial charge in [-0.3, -0.25) is 4.79 Å². The number of benzene rings is 2. The van der Waals surface area contributed by atoms with Crippen LogP contribution in [0.2, 0.25) is 10.0 Å². The first kappa shape index (κ1) is 21.8. The molecule has 2 aromatic carbocycles. The van der Waals surface area contributed by atoms with Gasteiger partial charge in [0.1, 0.15) is 18.2 Å². The van der Waals surface area contributed by atoms with E-state index in [-0.39, 0.29) is 10.6 Å². The molecule has 0 aromatic heterocycles. The second kappa shape index (κ2) is 10.2. The van der Waals surface area contributed by atoms with Gasteiger partial charge in [-0.2, -0.15) is 5.26 Å².